The van der Waals surface area contributed by atoms with E-state index in [2.05, 4.69) is 0 Å². The molecule has 6 nitrogen and oxygen atoms in total. The van der Waals surface area contributed by atoms with Gasteiger partial charge < -0.3 is 10.0 Å². The fourth-order valence-corrected chi connectivity index (χ4v) is 3.64. The molecule has 1 heterocycles. The highest BCUT2D eigenvalue weighted by molar-refractivity contribution is 7.91. The Kier molecular flexibility index (Phi) is 5.09. The van der Waals surface area contributed by atoms with Gasteiger partial charge in [0, 0.05) is 13.1 Å². The molecule has 126 valence electrons. The van der Waals surface area contributed by atoms with Crippen molar-refractivity contribution in [1.29, 1.82) is 0 Å². The van der Waals surface area contributed by atoms with Gasteiger partial charge in [-0.1, -0.05) is 26.0 Å². The van der Waals surface area contributed by atoms with E-state index in [0.29, 0.717) is 6.54 Å². The van der Waals surface area contributed by atoms with Crippen molar-refractivity contribution in [3.8, 4) is 0 Å². The molecular weight excluding hydrogens is 318 g/mol. The van der Waals surface area contributed by atoms with Crippen LogP contribution in [0.15, 0.2) is 29.2 Å². The van der Waals surface area contributed by atoms with Gasteiger partial charge in [-0.05, 0) is 23.6 Å². The second-order valence-corrected chi connectivity index (χ2v) is 8.22. The Hall–Kier alpha value is -1.89. The summed E-state index contributed by atoms with van der Waals surface area (Å²) in [6.45, 7) is 4.09. The van der Waals surface area contributed by atoms with Gasteiger partial charge in [-0.2, -0.15) is 0 Å². The van der Waals surface area contributed by atoms with E-state index in [1.54, 1.807) is 24.0 Å². The zero-order valence-electron chi connectivity index (χ0n) is 13.2. The lowest BCUT2D eigenvalue weighted by molar-refractivity contribution is -0.142. The molecule has 1 aromatic rings. The van der Waals surface area contributed by atoms with E-state index >= 15 is 0 Å². The molecule has 0 unspecified atom stereocenters. The van der Waals surface area contributed by atoms with Crippen LogP contribution in [0.3, 0.4) is 0 Å². The average Bonchev–Trinajstić information content (AvgIpc) is 2.90. The summed E-state index contributed by atoms with van der Waals surface area (Å²) in [7, 11) is -3.24. The number of carboxylic acid groups (broad SMARTS) is 1. The zero-order valence-corrected chi connectivity index (χ0v) is 14.0. The molecule has 1 saturated heterocycles. The Labute approximate surface area is 136 Å². The van der Waals surface area contributed by atoms with E-state index in [0.717, 1.165) is 5.56 Å². The lowest BCUT2D eigenvalue weighted by atomic mass is 9.99. The SMILES string of the molecule is CCS(=O)(=O)c1ccc(CC(=O)N2C[C@@H](C)[C@H](C(=O)O)C2)cc1. The van der Waals surface area contributed by atoms with Crippen molar-refractivity contribution >= 4 is 21.7 Å². The van der Waals surface area contributed by atoms with Crippen molar-refractivity contribution in [1.82, 2.24) is 4.90 Å². The van der Waals surface area contributed by atoms with Crippen molar-refractivity contribution in [2.24, 2.45) is 11.8 Å². The van der Waals surface area contributed by atoms with Crippen molar-refractivity contribution in [3.63, 3.8) is 0 Å². The number of likely N-dealkylation sites (tertiary alicyclic amines) is 1. The minimum Gasteiger partial charge on any atom is -0.481 e. The zero-order chi connectivity index (χ0) is 17.2. The quantitative estimate of drug-likeness (QED) is 0.870. The molecular formula is C16H21NO5S. The first-order valence-corrected chi connectivity index (χ1v) is 9.22. The number of sulfone groups is 1. The van der Waals surface area contributed by atoms with Crippen LogP contribution in [0, 0.1) is 11.8 Å². The maximum absolute atomic E-state index is 12.3. The molecule has 0 spiro atoms. The van der Waals surface area contributed by atoms with Crippen molar-refractivity contribution in [2.75, 3.05) is 18.8 Å². The number of rotatable bonds is 5. The van der Waals surface area contributed by atoms with Gasteiger partial charge in [-0.25, -0.2) is 8.42 Å². The third-order valence-corrected chi connectivity index (χ3v) is 6.05. The Morgan fingerprint density at radius 2 is 1.83 bits per heavy atom. The number of amides is 1. The van der Waals surface area contributed by atoms with Crippen molar-refractivity contribution in [3.05, 3.63) is 29.8 Å². The number of benzene rings is 1. The van der Waals surface area contributed by atoms with Crippen molar-refractivity contribution in [2.45, 2.75) is 25.2 Å². The highest BCUT2D eigenvalue weighted by atomic mass is 32.2. The van der Waals surface area contributed by atoms with Gasteiger partial charge in [0.05, 0.1) is 23.0 Å². The van der Waals surface area contributed by atoms with E-state index < -0.39 is 21.7 Å². The number of nitrogens with zero attached hydrogens (tertiary/aromatic N) is 1. The normalized spacial score (nSPS) is 21.4. The van der Waals surface area contributed by atoms with Gasteiger partial charge >= 0.3 is 5.97 Å². The molecule has 1 amide bonds. The van der Waals surface area contributed by atoms with Crippen LogP contribution in [0.5, 0.6) is 0 Å². The number of carbonyl (C=O) groups is 2. The summed E-state index contributed by atoms with van der Waals surface area (Å²) in [5.74, 6) is -1.55. The molecule has 0 radical (unpaired) electrons. The molecule has 0 aliphatic carbocycles. The Bertz CT molecular complexity index is 696. The second kappa shape index (κ2) is 6.70. The number of hydrogen-bond acceptors (Lipinski definition) is 4. The first-order valence-electron chi connectivity index (χ1n) is 7.57. The Balaban J connectivity index is 2.03. The summed E-state index contributed by atoms with van der Waals surface area (Å²) in [6, 6.07) is 6.28. The molecule has 0 aromatic heterocycles. The highest BCUT2D eigenvalue weighted by Crippen LogP contribution is 2.24. The lowest BCUT2D eigenvalue weighted by Gasteiger charge is -2.16. The Morgan fingerprint density at radius 3 is 2.30 bits per heavy atom. The summed E-state index contributed by atoms with van der Waals surface area (Å²) in [4.78, 5) is 25.2. The van der Waals surface area contributed by atoms with Gasteiger partial charge in [-0.15, -0.1) is 0 Å². The van der Waals surface area contributed by atoms with Crippen LogP contribution < -0.4 is 0 Å². The molecule has 2 atom stereocenters. The van der Waals surface area contributed by atoms with Crippen LogP contribution >= 0.6 is 0 Å². The van der Waals surface area contributed by atoms with Gasteiger partial charge in [-0.3, -0.25) is 9.59 Å². The predicted molar refractivity (Wildman–Crippen MR) is 84.7 cm³/mol. The van der Waals surface area contributed by atoms with E-state index in [1.807, 2.05) is 6.92 Å². The van der Waals surface area contributed by atoms with Gasteiger partial charge in [0.2, 0.25) is 5.91 Å². The van der Waals surface area contributed by atoms with Crippen LogP contribution in [-0.2, 0) is 25.8 Å². The molecule has 1 aliphatic rings. The monoisotopic (exact) mass is 339 g/mol. The summed E-state index contributed by atoms with van der Waals surface area (Å²) in [5, 5.41) is 9.11. The highest BCUT2D eigenvalue weighted by Gasteiger charge is 2.36. The number of carbonyl (C=O) groups excluding carboxylic acids is 1. The third kappa shape index (κ3) is 3.90. The topological polar surface area (TPSA) is 91.8 Å². The molecule has 1 N–H and O–H groups in total. The van der Waals surface area contributed by atoms with Gasteiger partial charge in [0.15, 0.2) is 9.84 Å². The second-order valence-electron chi connectivity index (χ2n) is 5.94. The molecule has 2 rings (SSSR count). The summed E-state index contributed by atoms with van der Waals surface area (Å²) < 4.78 is 23.5. The Morgan fingerprint density at radius 1 is 1.22 bits per heavy atom. The standard InChI is InChI=1S/C16H21NO5S/c1-3-23(21,22)13-6-4-12(5-7-13)8-15(18)17-9-11(2)14(10-17)16(19)20/h4-7,11,14H,3,8-10H2,1-2H3,(H,19,20)/t11-,14-/m1/s1. The van der Waals surface area contributed by atoms with Crippen molar-refractivity contribution < 1.29 is 23.1 Å². The van der Waals surface area contributed by atoms with Crippen LogP contribution in [0.2, 0.25) is 0 Å². The molecule has 1 aromatic carbocycles. The van der Waals surface area contributed by atoms with Crippen LogP contribution in [-0.4, -0.2) is 49.1 Å². The summed E-state index contributed by atoms with van der Waals surface area (Å²) in [5.41, 5.74) is 0.719. The van der Waals surface area contributed by atoms with E-state index in [1.165, 1.54) is 12.1 Å². The maximum Gasteiger partial charge on any atom is 0.308 e. The molecule has 23 heavy (non-hydrogen) atoms. The molecule has 0 saturated carbocycles. The van der Waals surface area contributed by atoms with Gasteiger partial charge in [0.25, 0.3) is 0 Å². The fourth-order valence-electron chi connectivity index (χ4n) is 2.76. The third-order valence-electron chi connectivity index (χ3n) is 4.30. The molecule has 7 heteroatoms. The van der Waals surface area contributed by atoms with Crippen LogP contribution in [0.25, 0.3) is 0 Å². The number of carboxylic acids is 1. The first kappa shape index (κ1) is 17.5. The molecule has 1 aliphatic heterocycles. The first-order chi connectivity index (χ1) is 10.7. The van der Waals surface area contributed by atoms with E-state index in [4.69, 9.17) is 5.11 Å². The maximum atomic E-state index is 12.3. The smallest absolute Gasteiger partial charge is 0.308 e. The van der Waals surface area contributed by atoms with Gasteiger partial charge in [0.1, 0.15) is 0 Å². The summed E-state index contributed by atoms with van der Waals surface area (Å²) >= 11 is 0. The predicted octanol–water partition coefficient (Wildman–Crippen LogP) is 1.20. The van der Waals surface area contributed by atoms with E-state index in [9.17, 15) is 18.0 Å². The average molecular weight is 339 g/mol. The molecule has 1 fully saturated rings. The lowest BCUT2D eigenvalue weighted by Crippen LogP contribution is -2.31. The fraction of sp³-hybridized carbons (Fsp3) is 0.500. The van der Waals surface area contributed by atoms with Crippen LogP contribution in [0.4, 0.5) is 0 Å². The van der Waals surface area contributed by atoms with Crippen LogP contribution in [0.1, 0.15) is 19.4 Å². The minimum atomic E-state index is -3.24. The number of aliphatic carboxylic acids is 1. The summed E-state index contributed by atoms with van der Waals surface area (Å²) in [6.07, 6.45) is 0.144. The van der Waals surface area contributed by atoms with E-state index in [-0.39, 0.29) is 35.4 Å². The largest absolute Gasteiger partial charge is 0.481 e. The minimum absolute atomic E-state index is 0.0352. The number of hydrogen-bond donors (Lipinski definition) is 1. The molecule has 0 bridgehead atoms.